The molecule has 1 N–H and O–H groups in total. The highest BCUT2D eigenvalue weighted by atomic mass is 16.5. The highest BCUT2D eigenvalue weighted by molar-refractivity contribution is 5.88. The number of carbonyl (C=O) groups is 1. The Morgan fingerprint density at radius 2 is 2.28 bits per heavy atom. The van der Waals surface area contributed by atoms with Gasteiger partial charge in [0, 0.05) is 5.57 Å². The molecule has 4 atom stereocenters. The van der Waals surface area contributed by atoms with Crippen LogP contribution in [-0.4, -0.2) is 24.3 Å². The molecule has 0 aliphatic heterocycles. The molecular weight excluding hydrogens is 228 g/mol. The number of aliphatic hydroxyl groups is 1. The first-order valence-electron chi connectivity index (χ1n) is 6.94. The van der Waals surface area contributed by atoms with E-state index in [0.717, 1.165) is 31.3 Å². The summed E-state index contributed by atoms with van der Waals surface area (Å²) < 4.78 is 4.76. The zero-order valence-electron chi connectivity index (χ0n) is 11.6. The molecule has 3 heteroatoms. The summed E-state index contributed by atoms with van der Waals surface area (Å²) in [5.74, 6) is 0.842. The van der Waals surface area contributed by atoms with Crippen molar-refractivity contribution in [1.82, 2.24) is 0 Å². The fourth-order valence-electron chi connectivity index (χ4n) is 3.82. The number of methoxy groups -OCH3 is 1. The van der Waals surface area contributed by atoms with E-state index < -0.39 is 0 Å². The maximum atomic E-state index is 11.4. The summed E-state index contributed by atoms with van der Waals surface area (Å²) in [6, 6.07) is 0. The smallest absolute Gasteiger partial charge is 0.333 e. The third-order valence-electron chi connectivity index (χ3n) is 5.21. The highest BCUT2D eigenvalue weighted by Crippen LogP contribution is 2.56. The summed E-state index contributed by atoms with van der Waals surface area (Å²) in [5.41, 5.74) is 1.08. The molecule has 0 heterocycles. The van der Waals surface area contributed by atoms with Gasteiger partial charge in [-0.2, -0.15) is 0 Å². The van der Waals surface area contributed by atoms with Crippen molar-refractivity contribution in [2.24, 2.45) is 17.3 Å². The highest BCUT2D eigenvalue weighted by Gasteiger charge is 2.49. The molecule has 2 rings (SSSR count). The standard InChI is InChI=1S/C15H24O3/c1-10(16)13-8-9-15(13,2)12-6-4-11(5-7-12)14(17)18-3/h4,10,12-13,16H,5-9H2,1-3H3/t10-,12?,13-,15-/m1/s1. The number of hydrogen-bond acceptors (Lipinski definition) is 3. The van der Waals surface area contributed by atoms with Crippen molar-refractivity contribution in [1.29, 1.82) is 0 Å². The second-order valence-electron chi connectivity index (χ2n) is 6.08. The van der Waals surface area contributed by atoms with E-state index in [9.17, 15) is 9.90 Å². The molecule has 0 aromatic heterocycles. The monoisotopic (exact) mass is 252 g/mol. The van der Waals surface area contributed by atoms with Crippen molar-refractivity contribution < 1.29 is 14.6 Å². The van der Waals surface area contributed by atoms with Crippen LogP contribution < -0.4 is 0 Å². The molecule has 0 aromatic carbocycles. The molecule has 0 radical (unpaired) electrons. The van der Waals surface area contributed by atoms with Gasteiger partial charge < -0.3 is 9.84 Å². The molecule has 18 heavy (non-hydrogen) atoms. The molecule has 1 saturated carbocycles. The number of aliphatic hydroxyl groups excluding tert-OH is 1. The molecule has 3 nitrogen and oxygen atoms in total. The van der Waals surface area contributed by atoms with Gasteiger partial charge in [0.25, 0.3) is 0 Å². The third-order valence-corrected chi connectivity index (χ3v) is 5.21. The summed E-state index contributed by atoms with van der Waals surface area (Å²) in [5, 5.41) is 9.83. The van der Waals surface area contributed by atoms with E-state index in [4.69, 9.17) is 4.74 Å². The van der Waals surface area contributed by atoms with Gasteiger partial charge in [-0.05, 0) is 56.3 Å². The van der Waals surface area contributed by atoms with E-state index in [1.807, 2.05) is 13.0 Å². The quantitative estimate of drug-likeness (QED) is 0.785. The summed E-state index contributed by atoms with van der Waals surface area (Å²) in [7, 11) is 1.44. The van der Waals surface area contributed by atoms with E-state index in [0.29, 0.717) is 11.8 Å². The molecule has 1 unspecified atom stereocenters. The minimum Gasteiger partial charge on any atom is -0.466 e. The topological polar surface area (TPSA) is 46.5 Å². The van der Waals surface area contributed by atoms with Crippen LogP contribution in [0.15, 0.2) is 11.6 Å². The number of rotatable bonds is 3. The fourth-order valence-corrected chi connectivity index (χ4v) is 3.82. The van der Waals surface area contributed by atoms with Gasteiger partial charge in [-0.25, -0.2) is 4.79 Å². The average molecular weight is 252 g/mol. The average Bonchev–Trinajstić information content (AvgIpc) is 2.35. The fraction of sp³-hybridized carbons (Fsp3) is 0.800. The van der Waals surface area contributed by atoms with Crippen molar-refractivity contribution in [2.45, 2.75) is 52.1 Å². The predicted molar refractivity (Wildman–Crippen MR) is 70.0 cm³/mol. The first-order valence-corrected chi connectivity index (χ1v) is 6.94. The van der Waals surface area contributed by atoms with Crippen LogP contribution in [0.25, 0.3) is 0 Å². The van der Waals surface area contributed by atoms with Crippen molar-refractivity contribution in [3.63, 3.8) is 0 Å². The van der Waals surface area contributed by atoms with Crippen molar-refractivity contribution in [3.8, 4) is 0 Å². The van der Waals surface area contributed by atoms with E-state index >= 15 is 0 Å². The summed E-state index contributed by atoms with van der Waals surface area (Å²) in [4.78, 5) is 11.4. The van der Waals surface area contributed by atoms with E-state index in [2.05, 4.69) is 6.92 Å². The minimum atomic E-state index is -0.213. The number of allylic oxidation sites excluding steroid dienone is 1. The molecule has 0 bridgehead atoms. The van der Waals surface area contributed by atoms with Gasteiger partial charge in [0.05, 0.1) is 13.2 Å². The summed E-state index contributed by atoms with van der Waals surface area (Å²) in [6.45, 7) is 4.20. The van der Waals surface area contributed by atoms with Gasteiger partial charge in [-0.1, -0.05) is 13.0 Å². The lowest BCUT2D eigenvalue weighted by molar-refractivity contribution is -0.136. The van der Waals surface area contributed by atoms with Crippen LogP contribution in [0.4, 0.5) is 0 Å². The van der Waals surface area contributed by atoms with Crippen molar-refractivity contribution >= 4 is 5.97 Å². The molecular formula is C15H24O3. The zero-order chi connectivity index (χ0) is 13.3. The Bertz CT molecular complexity index is 359. The van der Waals surface area contributed by atoms with E-state index in [1.165, 1.54) is 13.5 Å². The predicted octanol–water partition coefficient (Wildman–Crippen LogP) is 2.68. The minimum absolute atomic E-state index is 0.181. The molecule has 102 valence electrons. The van der Waals surface area contributed by atoms with Crippen LogP contribution in [0.3, 0.4) is 0 Å². The first-order chi connectivity index (χ1) is 8.49. The van der Waals surface area contributed by atoms with Gasteiger partial charge in [0.2, 0.25) is 0 Å². The maximum Gasteiger partial charge on any atom is 0.333 e. The largest absolute Gasteiger partial charge is 0.466 e. The molecule has 0 amide bonds. The Kier molecular flexibility index (Phi) is 3.81. The van der Waals surface area contributed by atoms with Crippen molar-refractivity contribution in [3.05, 3.63) is 11.6 Å². The molecule has 0 saturated heterocycles. The Hall–Kier alpha value is -0.830. The van der Waals surface area contributed by atoms with E-state index in [1.54, 1.807) is 0 Å². The summed E-state index contributed by atoms with van der Waals surface area (Å²) in [6.07, 6.45) is 6.98. The van der Waals surface area contributed by atoms with Crippen LogP contribution in [-0.2, 0) is 9.53 Å². The zero-order valence-corrected chi connectivity index (χ0v) is 11.6. The second kappa shape index (κ2) is 5.04. The van der Waals surface area contributed by atoms with Gasteiger partial charge in [0.1, 0.15) is 0 Å². The second-order valence-corrected chi connectivity index (χ2v) is 6.08. The van der Waals surface area contributed by atoms with Gasteiger partial charge >= 0.3 is 5.97 Å². The van der Waals surface area contributed by atoms with Crippen LogP contribution in [0.1, 0.15) is 46.0 Å². The van der Waals surface area contributed by atoms with Crippen LogP contribution in [0, 0.1) is 17.3 Å². The molecule has 1 fully saturated rings. The van der Waals surface area contributed by atoms with E-state index in [-0.39, 0.29) is 17.5 Å². The van der Waals surface area contributed by atoms with Gasteiger partial charge in [0.15, 0.2) is 0 Å². The van der Waals surface area contributed by atoms with Crippen molar-refractivity contribution in [2.75, 3.05) is 7.11 Å². The molecule has 2 aliphatic rings. The number of ether oxygens (including phenoxy) is 1. The lowest BCUT2D eigenvalue weighted by Crippen LogP contribution is -2.49. The van der Waals surface area contributed by atoms with Crippen LogP contribution in [0.5, 0.6) is 0 Å². The van der Waals surface area contributed by atoms with Crippen LogP contribution in [0.2, 0.25) is 0 Å². The third kappa shape index (κ3) is 2.20. The number of esters is 1. The Balaban J connectivity index is 2.01. The number of hydrogen-bond donors (Lipinski definition) is 1. The lowest BCUT2D eigenvalue weighted by atomic mass is 9.51. The normalized spacial score (nSPS) is 37.4. The molecule has 2 aliphatic carbocycles. The lowest BCUT2D eigenvalue weighted by Gasteiger charge is -2.54. The maximum absolute atomic E-state index is 11.4. The molecule has 0 aromatic rings. The molecule has 0 spiro atoms. The SMILES string of the molecule is COC(=O)C1=CCC([C@@]2(C)CC[C@@H]2[C@@H](C)O)CC1. The van der Waals surface area contributed by atoms with Gasteiger partial charge in [-0.3, -0.25) is 0 Å². The summed E-state index contributed by atoms with van der Waals surface area (Å²) >= 11 is 0. The Morgan fingerprint density at radius 3 is 2.67 bits per heavy atom. The first kappa shape index (κ1) is 13.6. The number of carbonyl (C=O) groups excluding carboxylic acids is 1. The Morgan fingerprint density at radius 1 is 1.56 bits per heavy atom. The van der Waals surface area contributed by atoms with Crippen LogP contribution >= 0.6 is 0 Å². The Labute approximate surface area is 109 Å². The van der Waals surface area contributed by atoms with Gasteiger partial charge in [-0.15, -0.1) is 0 Å².